The maximum absolute atomic E-state index is 11.1. The van der Waals surface area contributed by atoms with Crippen LogP contribution in [0.1, 0.15) is 17.0 Å². The molecule has 4 N–H and O–H groups in total. The van der Waals surface area contributed by atoms with E-state index in [1.165, 1.54) is 0 Å². The summed E-state index contributed by atoms with van der Waals surface area (Å²) in [5.74, 6) is 11.3. The Morgan fingerprint density at radius 1 is 1.33 bits per heavy atom. The van der Waals surface area contributed by atoms with Crippen LogP contribution >= 0.6 is 0 Å². The normalized spacial score (nSPS) is 9.39. The first-order chi connectivity index (χ1) is 8.78. The summed E-state index contributed by atoms with van der Waals surface area (Å²) < 4.78 is 0. The first kappa shape index (κ1) is 11.9. The average Bonchev–Trinajstić information content (AvgIpc) is 2.91. The molecule has 0 aliphatic rings. The Morgan fingerprint density at radius 3 is 2.72 bits per heavy atom. The van der Waals surface area contributed by atoms with Gasteiger partial charge in [-0.05, 0) is 23.6 Å². The topological polar surface area (TPSA) is 83.8 Å². The second-order valence-corrected chi connectivity index (χ2v) is 3.63. The quantitative estimate of drug-likeness (QED) is 0.306. The van der Waals surface area contributed by atoms with Crippen molar-refractivity contribution in [1.29, 1.82) is 0 Å². The van der Waals surface area contributed by atoms with Crippen LogP contribution in [0.4, 0.5) is 0 Å². The summed E-state index contributed by atoms with van der Waals surface area (Å²) in [4.78, 5) is 18.0. The van der Waals surface area contributed by atoms with Gasteiger partial charge < -0.3 is 4.98 Å². The highest BCUT2D eigenvalue weighted by atomic mass is 16.2. The molecule has 0 bridgehead atoms. The highest BCUT2D eigenvalue weighted by molar-refractivity contribution is 5.77. The van der Waals surface area contributed by atoms with Crippen LogP contribution in [-0.4, -0.2) is 15.9 Å². The van der Waals surface area contributed by atoms with E-state index in [2.05, 4.69) is 27.2 Å². The van der Waals surface area contributed by atoms with Crippen LogP contribution in [-0.2, 0) is 11.2 Å². The number of hydrogen-bond acceptors (Lipinski definition) is 3. The average molecular weight is 240 g/mol. The van der Waals surface area contributed by atoms with Crippen LogP contribution in [0.15, 0.2) is 36.7 Å². The number of imidazole rings is 1. The number of nitrogens with one attached hydrogen (secondary N) is 2. The van der Waals surface area contributed by atoms with Gasteiger partial charge in [-0.1, -0.05) is 18.1 Å². The number of nitrogens with two attached hydrogens (primary N) is 1. The lowest BCUT2D eigenvalue weighted by molar-refractivity contribution is -0.120. The number of hydrazine groups is 1. The lowest BCUT2D eigenvalue weighted by Gasteiger charge is -1.99. The fourth-order valence-electron chi connectivity index (χ4n) is 1.41. The molecule has 0 saturated carbocycles. The monoisotopic (exact) mass is 240 g/mol. The summed E-state index contributed by atoms with van der Waals surface area (Å²) >= 11 is 0. The molecule has 0 aliphatic carbocycles. The summed E-state index contributed by atoms with van der Waals surface area (Å²) in [6.45, 7) is 0. The largest absolute Gasteiger partial charge is 0.338 e. The first-order valence-corrected chi connectivity index (χ1v) is 5.38. The smallest absolute Gasteiger partial charge is 0.238 e. The van der Waals surface area contributed by atoms with Gasteiger partial charge in [-0.3, -0.25) is 10.2 Å². The molecule has 0 saturated heterocycles. The van der Waals surface area contributed by atoms with Crippen molar-refractivity contribution >= 4 is 5.91 Å². The summed E-state index contributed by atoms with van der Waals surface area (Å²) in [5, 5.41) is 0. The van der Waals surface area contributed by atoms with Gasteiger partial charge in [-0.25, -0.2) is 10.8 Å². The predicted molar refractivity (Wildman–Crippen MR) is 67.0 cm³/mol. The first-order valence-electron chi connectivity index (χ1n) is 5.38. The Hall–Kier alpha value is -2.58. The number of aromatic amines is 1. The highest BCUT2D eigenvalue weighted by Crippen LogP contribution is 2.04. The van der Waals surface area contributed by atoms with E-state index >= 15 is 0 Å². The van der Waals surface area contributed by atoms with Crippen LogP contribution in [0.25, 0.3) is 0 Å². The molecule has 2 aromatic rings. The Kier molecular flexibility index (Phi) is 3.74. The number of benzene rings is 1. The number of carbonyl (C=O) groups excluding carboxylic acids is 1. The molecule has 2 rings (SSSR count). The molecule has 1 heterocycles. The van der Waals surface area contributed by atoms with E-state index in [9.17, 15) is 4.79 Å². The van der Waals surface area contributed by atoms with Crippen LogP contribution in [0.2, 0.25) is 0 Å². The van der Waals surface area contributed by atoms with Gasteiger partial charge >= 0.3 is 0 Å². The molecule has 0 aliphatic heterocycles. The van der Waals surface area contributed by atoms with Crippen LogP contribution < -0.4 is 11.3 Å². The number of H-pyrrole nitrogens is 1. The number of carbonyl (C=O) groups is 1. The fourth-order valence-corrected chi connectivity index (χ4v) is 1.41. The zero-order valence-electron chi connectivity index (χ0n) is 9.60. The van der Waals surface area contributed by atoms with Gasteiger partial charge in [-0.15, -0.1) is 0 Å². The fraction of sp³-hybridized carbons (Fsp3) is 0.0769. The summed E-state index contributed by atoms with van der Waals surface area (Å²) in [6, 6.07) is 7.41. The zero-order chi connectivity index (χ0) is 12.8. The molecule has 18 heavy (non-hydrogen) atoms. The number of hydrogen-bond donors (Lipinski definition) is 3. The highest BCUT2D eigenvalue weighted by Gasteiger charge is 2.00. The minimum absolute atomic E-state index is 0.218. The minimum atomic E-state index is -0.218. The molecule has 5 nitrogen and oxygen atoms in total. The molecule has 1 aromatic carbocycles. The van der Waals surface area contributed by atoms with Gasteiger partial charge in [0.25, 0.3) is 0 Å². The van der Waals surface area contributed by atoms with Crippen molar-refractivity contribution in [3.8, 4) is 11.8 Å². The summed E-state index contributed by atoms with van der Waals surface area (Å²) in [6.07, 6.45) is 3.64. The summed E-state index contributed by atoms with van der Waals surface area (Å²) in [5.41, 5.74) is 3.85. The molecule has 1 aromatic heterocycles. The number of nitrogens with zero attached hydrogens (tertiary/aromatic N) is 1. The SMILES string of the molecule is NNC(=O)Cc1ccc(C#Cc2ncc[nH]2)cc1. The molecule has 0 fully saturated rings. The Morgan fingerprint density at radius 2 is 2.11 bits per heavy atom. The van der Waals surface area contributed by atoms with Crippen molar-refractivity contribution in [2.45, 2.75) is 6.42 Å². The van der Waals surface area contributed by atoms with Gasteiger partial charge in [0.15, 0.2) is 5.82 Å². The third kappa shape index (κ3) is 3.20. The van der Waals surface area contributed by atoms with Crippen molar-refractivity contribution in [2.24, 2.45) is 5.84 Å². The summed E-state index contributed by atoms with van der Waals surface area (Å²) in [7, 11) is 0. The minimum Gasteiger partial charge on any atom is -0.338 e. The standard InChI is InChI=1S/C13H12N4O/c14-17-13(18)9-11-3-1-10(2-4-11)5-6-12-15-7-8-16-12/h1-4,7-8H,9,14H2,(H,15,16)(H,17,18). The third-order valence-corrected chi connectivity index (χ3v) is 2.30. The molecular weight excluding hydrogens is 228 g/mol. The molecule has 0 unspecified atom stereocenters. The van der Waals surface area contributed by atoms with E-state index in [0.717, 1.165) is 11.1 Å². The lowest BCUT2D eigenvalue weighted by Crippen LogP contribution is -2.31. The van der Waals surface area contributed by atoms with Gasteiger partial charge in [0.2, 0.25) is 5.91 Å². The number of amides is 1. The van der Waals surface area contributed by atoms with Crippen LogP contribution in [0, 0.1) is 11.8 Å². The Bertz CT molecular complexity index is 576. The van der Waals surface area contributed by atoms with Crippen molar-refractivity contribution < 1.29 is 4.79 Å². The van der Waals surface area contributed by atoms with Gasteiger partial charge in [0, 0.05) is 18.0 Å². The van der Waals surface area contributed by atoms with Crippen molar-refractivity contribution in [3.05, 3.63) is 53.6 Å². The Balaban J connectivity index is 2.06. The van der Waals surface area contributed by atoms with Crippen molar-refractivity contribution in [2.75, 3.05) is 0 Å². The number of rotatable bonds is 2. The second kappa shape index (κ2) is 5.66. The molecule has 0 radical (unpaired) electrons. The number of aromatic nitrogens is 2. The van der Waals surface area contributed by atoms with Gasteiger partial charge in [0.05, 0.1) is 6.42 Å². The molecule has 90 valence electrons. The second-order valence-electron chi connectivity index (χ2n) is 3.63. The van der Waals surface area contributed by atoms with E-state index in [1.807, 2.05) is 24.3 Å². The van der Waals surface area contributed by atoms with Crippen LogP contribution in [0.5, 0.6) is 0 Å². The van der Waals surface area contributed by atoms with E-state index in [0.29, 0.717) is 5.82 Å². The molecule has 1 amide bonds. The van der Waals surface area contributed by atoms with Crippen molar-refractivity contribution in [1.82, 2.24) is 15.4 Å². The lowest BCUT2D eigenvalue weighted by atomic mass is 10.1. The van der Waals surface area contributed by atoms with E-state index < -0.39 is 0 Å². The molecule has 5 heteroatoms. The van der Waals surface area contributed by atoms with E-state index in [-0.39, 0.29) is 12.3 Å². The van der Waals surface area contributed by atoms with E-state index in [4.69, 9.17) is 5.84 Å². The Labute approximate surface area is 104 Å². The molecule has 0 atom stereocenters. The van der Waals surface area contributed by atoms with Crippen molar-refractivity contribution in [3.63, 3.8) is 0 Å². The van der Waals surface area contributed by atoms with E-state index in [1.54, 1.807) is 12.4 Å². The zero-order valence-corrected chi connectivity index (χ0v) is 9.60. The molecular formula is C13H12N4O. The maximum atomic E-state index is 11.1. The van der Waals surface area contributed by atoms with Gasteiger partial charge in [-0.2, -0.15) is 0 Å². The predicted octanol–water partition coefficient (Wildman–Crippen LogP) is 0.342. The van der Waals surface area contributed by atoms with Crippen LogP contribution in [0.3, 0.4) is 0 Å². The maximum Gasteiger partial charge on any atom is 0.238 e. The molecule has 0 spiro atoms. The third-order valence-electron chi connectivity index (χ3n) is 2.30. The van der Waals surface area contributed by atoms with Gasteiger partial charge in [0.1, 0.15) is 0 Å².